The van der Waals surface area contributed by atoms with Gasteiger partial charge < -0.3 is 19.3 Å². The van der Waals surface area contributed by atoms with Crippen molar-refractivity contribution in [2.45, 2.75) is 12.2 Å². The number of hydrogen-bond acceptors (Lipinski definition) is 4. The van der Waals surface area contributed by atoms with Crippen LogP contribution in [0.15, 0.2) is 12.2 Å². The lowest BCUT2D eigenvalue weighted by Gasteiger charge is -2.35. The fourth-order valence-electron chi connectivity index (χ4n) is 3.04. The molecule has 3 aliphatic heterocycles. The van der Waals surface area contributed by atoms with Crippen LogP contribution < -0.4 is 0 Å². The molecule has 0 N–H and O–H groups in total. The van der Waals surface area contributed by atoms with E-state index in [0.717, 1.165) is 32.5 Å². The summed E-state index contributed by atoms with van der Waals surface area (Å²) in [5, 5.41) is 0. The predicted octanol–water partition coefficient (Wildman–Crippen LogP) is -0.471. The minimum Gasteiger partial charge on any atom is -0.365 e. The number of carbonyl (C=O) groups excluding carboxylic acids is 2. The van der Waals surface area contributed by atoms with E-state index in [-0.39, 0.29) is 30.0 Å². The Bertz CT molecular complexity index is 388. The van der Waals surface area contributed by atoms with Gasteiger partial charge in [0.05, 0.1) is 24.0 Å². The Morgan fingerprint density at radius 1 is 1.22 bits per heavy atom. The van der Waals surface area contributed by atoms with Crippen LogP contribution in [0.1, 0.15) is 0 Å². The molecule has 5 nitrogen and oxygen atoms in total. The summed E-state index contributed by atoms with van der Waals surface area (Å²) in [4.78, 5) is 27.7. The van der Waals surface area contributed by atoms with Crippen LogP contribution in [-0.2, 0) is 14.3 Å². The highest BCUT2D eigenvalue weighted by Gasteiger charge is 2.50. The van der Waals surface area contributed by atoms with Crippen LogP contribution >= 0.6 is 0 Å². The Balaban J connectivity index is 1.72. The second-order valence-electron chi connectivity index (χ2n) is 5.32. The quantitative estimate of drug-likeness (QED) is 0.491. The van der Waals surface area contributed by atoms with Crippen molar-refractivity contribution in [3.63, 3.8) is 0 Å². The standard InChI is InChI=1S/C13H18N2O3/c1-14-4-6-15(7-5-14)13(17)12-9(8-16)10-2-3-11(12)18-10/h2-3,8-12H,4-7H2,1H3/t9?,10-,11+,12?/m1/s1. The molecule has 0 spiro atoms. The van der Waals surface area contributed by atoms with Crippen molar-refractivity contribution in [2.75, 3.05) is 33.2 Å². The summed E-state index contributed by atoms with van der Waals surface area (Å²) in [5.74, 6) is -0.523. The van der Waals surface area contributed by atoms with Gasteiger partial charge in [0, 0.05) is 26.2 Å². The number of likely N-dealkylation sites (N-methyl/N-ethyl adjacent to an activating group) is 1. The molecule has 3 aliphatic rings. The number of piperazine rings is 1. The molecule has 0 aromatic heterocycles. The Morgan fingerprint density at radius 2 is 1.89 bits per heavy atom. The SMILES string of the molecule is CN1CCN(C(=O)C2C(C=O)[C@H]3C=C[C@@H]2O3)CC1. The third-order valence-electron chi connectivity index (χ3n) is 4.21. The monoisotopic (exact) mass is 250 g/mol. The number of ether oxygens (including phenoxy) is 1. The fourth-order valence-corrected chi connectivity index (χ4v) is 3.04. The van der Waals surface area contributed by atoms with Crippen molar-refractivity contribution < 1.29 is 14.3 Å². The summed E-state index contributed by atoms with van der Waals surface area (Å²) in [6.07, 6.45) is 4.32. The Morgan fingerprint density at radius 3 is 2.56 bits per heavy atom. The highest BCUT2D eigenvalue weighted by atomic mass is 16.5. The minimum atomic E-state index is -0.305. The van der Waals surface area contributed by atoms with E-state index in [1.54, 1.807) is 0 Å². The number of amides is 1. The van der Waals surface area contributed by atoms with Crippen molar-refractivity contribution in [3.8, 4) is 0 Å². The molecular formula is C13H18N2O3. The van der Waals surface area contributed by atoms with Crippen LogP contribution in [0.25, 0.3) is 0 Å². The summed E-state index contributed by atoms with van der Waals surface area (Å²) in [6.45, 7) is 3.29. The first-order valence-corrected chi connectivity index (χ1v) is 6.47. The first kappa shape index (κ1) is 11.9. The molecule has 0 aromatic rings. The van der Waals surface area contributed by atoms with Crippen molar-refractivity contribution in [1.29, 1.82) is 0 Å². The Hall–Kier alpha value is -1.20. The van der Waals surface area contributed by atoms with Gasteiger partial charge in [0.1, 0.15) is 6.29 Å². The van der Waals surface area contributed by atoms with Gasteiger partial charge in [0.25, 0.3) is 0 Å². The topological polar surface area (TPSA) is 49.9 Å². The maximum absolute atomic E-state index is 12.5. The molecule has 2 saturated heterocycles. The summed E-state index contributed by atoms with van der Waals surface area (Å²) >= 11 is 0. The average Bonchev–Trinajstić information content (AvgIpc) is 2.98. The highest BCUT2D eigenvalue weighted by molar-refractivity contribution is 5.84. The first-order valence-electron chi connectivity index (χ1n) is 6.47. The van der Waals surface area contributed by atoms with E-state index in [4.69, 9.17) is 4.74 Å². The summed E-state index contributed by atoms with van der Waals surface area (Å²) in [7, 11) is 2.05. The summed E-state index contributed by atoms with van der Waals surface area (Å²) in [6, 6.07) is 0. The number of aldehydes is 1. The molecule has 98 valence electrons. The van der Waals surface area contributed by atoms with Crippen molar-refractivity contribution >= 4 is 12.2 Å². The molecular weight excluding hydrogens is 232 g/mol. The van der Waals surface area contributed by atoms with Gasteiger partial charge in [0.15, 0.2) is 0 Å². The van der Waals surface area contributed by atoms with Gasteiger partial charge in [-0.05, 0) is 7.05 Å². The molecule has 5 heteroatoms. The zero-order valence-electron chi connectivity index (χ0n) is 10.5. The first-order chi connectivity index (χ1) is 8.70. The molecule has 0 saturated carbocycles. The normalized spacial score (nSPS) is 39.3. The maximum atomic E-state index is 12.5. The van der Waals surface area contributed by atoms with Crippen LogP contribution in [0.3, 0.4) is 0 Å². The third-order valence-corrected chi connectivity index (χ3v) is 4.21. The van der Waals surface area contributed by atoms with Crippen molar-refractivity contribution in [2.24, 2.45) is 11.8 Å². The van der Waals surface area contributed by atoms with E-state index in [1.807, 2.05) is 17.1 Å². The number of hydrogen-bond donors (Lipinski definition) is 0. The Kier molecular flexibility index (Phi) is 2.95. The highest BCUT2D eigenvalue weighted by Crippen LogP contribution is 2.39. The molecule has 0 radical (unpaired) electrons. The largest absolute Gasteiger partial charge is 0.365 e. The second-order valence-corrected chi connectivity index (χ2v) is 5.32. The van der Waals surface area contributed by atoms with Crippen molar-refractivity contribution in [3.05, 3.63) is 12.2 Å². The predicted molar refractivity (Wildman–Crippen MR) is 64.9 cm³/mol. The fraction of sp³-hybridized carbons (Fsp3) is 0.692. The van der Waals surface area contributed by atoms with Gasteiger partial charge in [0.2, 0.25) is 5.91 Å². The lowest BCUT2D eigenvalue weighted by atomic mass is 9.83. The number of nitrogens with zero attached hydrogens (tertiary/aromatic N) is 2. The molecule has 3 rings (SSSR count). The van der Waals surface area contributed by atoms with E-state index in [9.17, 15) is 9.59 Å². The summed E-state index contributed by atoms with van der Waals surface area (Å²) < 4.78 is 5.62. The number of rotatable bonds is 2. The van der Waals surface area contributed by atoms with E-state index in [1.165, 1.54) is 0 Å². The van der Waals surface area contributed by atoms with Crippen LogP contribution in [-0.4, -0.2) is 67.4 Å². The summed E-state index contributed by atoms with van der Waals surface area (Å²) in [5.41, 5.74) is 0. The Labute approximate surface area is 106 Å². The van der Waals surface area contributed by atoms with Gasteiger partial charge in [-0.3, -0.25) is 4.79 Å². The zero-order valence-corrected chi connectivity index (χ0v) is 10.5. The van der Waals surface area contributed by atoms with E-state index < -0.39 is 0 Å². The molecule has 2 bridgehead atoms. The lowest BCUT2D eigenvalue weighted by Crippen LogP contribution is -2.51. The molecule has 2 unspecified atom stereocenters. The number of fused-ring (bicyclic) bond motifs is 2. The molecule has 0 aliphatic carbocycles. The third kappa shape index (κ3) is 1.78. The smallest absolute Gasteiger partial charge is 0.229 e. The van der Waals surface area contributed by atoms with Gasteiger partial charge >= 0.3 is 0 Å². The van der Waals surface area contributed by atoms with Crippen LogP contribution in [0.4, 0.5) is 0 Å². The van der Waals surface area contributed by atoms with Gasteiger partial charge in [-0.2, -0.15) is 0 Å². The molecule has 0 aromatic carbocycles. The van der Waals surface area contributed by atoms with Gasteiger partial charge in [-0.25, -0.2) is 0 Å². The second kappa shape index (κ2) is 4.48. The molecule has 1 amide bonds. The van der Waals surface area contributed by atoms with E-state index >= 15 is 0 Å². The molecule has 18 heavy (non-hydrogen) atoms. The van der Waals surface area contributed by atoms with Crippen LogP contribution in [0.5, 0.6) is 0 Å². The number of carbonyl (C=O) groups is 2. The van der Waals surface area contributed by atoms with E-state index in [2.05, 4.69) is 11.9 Å². The van der Waals surface area contributed by atoms with Crippen LogP contribution in [0.2, 0.25) is 0 Å². The molecule has 3 heterocycles. The molecule has 2 fully saturated rings. The van der Waals surface area contributed by atoms with Crippen LogP contribution in [0, 0.1) is 11.8 Å². The zero-order chi connectivity index (χ0) is 12.7. The van der Waals surface area contributed by atoms with Gasteiger partial charge in [-0.1, -0.05) is 12.2 Å². The van der Waals surface area contributed by atoms with Gasteiger partial charge in [-0.15, -0.1) is 0 Å². The van der Waals surface area contributed by atoms with Crippen molar-refractivity contribution in [1.82, 2.24) is 9.80 Å². The average molecular weight is 250 g/mol. The lowest BCUT2D eigenvalue weighted by molar-refractivity contribution is -0.140. The minimum absolute atomic E-state index is 0.0806. The molecule has 4 atom stereocenters. The van der Waals surface area contributed by atoms with E-state index in [0.29, 0.717) is 0 Å². The maximum Gasteiger partial charge on any atom is 0.229 e.